The number of hydrogen-bond acceptors (Lipinski definition) is 3. The number of fused-ring (bicyclic) bond motifs is 1. The van der Waals surface area contributed by atoms with Gasteiger partial charge in [0.15, 0.2) is 0 Å². The molecule has 0 radical (unpaired) electrons. The smallest absolute Gasteiger partial charge is 0.335 e. The molecule has 2 N–H and O–H groups in total. The van der Waals surface area contributed by atoms with Crippen LogP contribution in [0.3, 0.4) is 0 Å². The number of benzene rings is 2. The highest BCUT2D eigenvalue weighted by Crippen LogP contribution is 2.25. The van der Waals surface area contributed by atoms with Gasteiger partial charge in [0.05, 0.1) is 16.8 Å². The van der Waals surface area contributed by atoms with Crippen LogP contribution in [0.4, 0.5) is 5.69 Å². The van der Waals surface area contributed by atoms with Crippen molar-refractivity contribution in [2.24, 2.45) is 5.92 Å². The molecule has 0 bridgehead atoms. The van der Waals surface area contributed by atoms with Crippen LogP contribution in [0.25, 0.3) is 16.7 Å². The molecule has 0 saturated heterocycles. The van der Waals surface area contributed by atoms with Gasteiger partial charge in [-0.1, -0.05) is 19.9 Å². The molecule has 23 heavy (non-hydrogen) atoms. The minimum atomic E-state index is -0.924. The van der Waals surface area contributed by atoms with Gasteiger partial charge in [-0.2, -0.15) is 0 Å². The molecule has 5 heteroatoms. The molecule has 1 heterocycles. The van der Waals surface area contributed by atoms with Gasteiger partial charge in [-0.3, -0.25) is 4.57 Å². The summed E-state index contributed by atoms with van der Waals surface area (Å²) in [4.78, 5) is 15.5. The first kappa shape index (κ1) is 15.1. The van der Waals surface area contributed by atoms with Crippen molar-refractivity contribution in [3.05, 3.63) is 54.4 Å². The van der Waals surface area contributed by atoms with Gasteiger partial charge in [-0.25, -0.2) is 9.78 Å². The van der Waals surface area contributed by atoms with E-state index in [0.717, 1.165) is 29.0 Å². The third-order valence-electron chi connectivity index (χ3n) is 3.67. The zero-order valence-corrected chi connectivity index (χ0v) is 13.2. The van der Waals surface area contributed by atoms with Gasteiger partial charge in [-0.05, 0) is 42.3 Å². The fourth-order valence-electron chi connectivity index (χ4n) is 2.47. The molecule has 0 unspecified atom stereocenters. The molecular formula is C18H19N3O2. The van der Waals surface area contributed by atoms with E-state index in [2.05, 4.69) is 24.1 Å². The van der Waals surface area contributed by atoms with Gasteiger partial charge in [0.1, 0.15) is 11.8 Å². The number of hydrogen-bond donors (Lipinski definition) is 2. The van der Waals surface area contributed by atoms with Crippen molar-refractivity contribution in [3.8, 4) is 5.69 Å². The highest BCUT2D eigenvalue weighted by atomic mass is 16.4. The Morgan fingerprint density at radius 1 is 1.22 bits per heavy atom. The maximum absolute atomic E-state index is 11.0. The predicted molar refractivity (Wildman–Crippen MR) is 91.4 cm³/mol. The molecule has 0 aliphatic heterocycles. The quantitative estimate of drug-likeness (QED) is 0.752. The maximum atomic E-state index is 11.0. The van der Waals surface area contributed by atoms with Crippen molar-refractivity contribution < 1.29 is 9.90 Å². The number of nitrogens with zero attached hydrogens (tertiary/aromatic N) is 2. The zero-order chi connectivity index (χ0) is 16.4. The fourth-order valence-corrected chi connectivity index (χ4v) is 2.47. The summed E-state index contributed by atoms with van der Waals surface area (Å²) in [6.07, 6.45) is 1.76. The van der Waals surface area contributed by atoms with Crippen LogP contribution in [0.2, 0.25) is 0 Å². The SMILES string of the molecule is CC(C)CNc1cccc2c1ncn2-c1ccc(C(=O)O)cc1. The highest BCUT2D eigenvalue weighted by Gasteiger charge is 2.09. The Kier molecular flexibility index (Phi) is 4.02. The average molecular weight is 309 g/mol. The van der Waals surface area contributed by atoms with Gasteiger partial charge >= 0.3 is 5.97 Å². The maximum Gasteiger partial charge on any atom is 0.335 e. The molecular weight excluding hydrogens is 290 g/mol. The molecule has 2 aromatic carbocycles. The number of rotatable bonds is 5. The van der Waals surface area contributed by atoms with Crippen LogP contribution in [0.5, 0.6) is 0 Å². The molecule has 0 amide bonds. The minimum absolute atomic E-state index is 0.275. The Bertz CT molecular complexity index is 835. The van der Waals surface area contributed by atoms with Crippen LogP contribution in [-0.2, 0) is 0 Å². The Hall–Kier alpha value is -2.82. The first-order valence-electron chi connectivity index (χ1n) is 7.60. The topological polar surface area (TPSA) is 67.2 Å². The number of anilines is 1. The molecule has 0 aliphatic rings. The van der Waals surface area contributed by atoms with E-state index in [1.807, 2.05) is 22.8 Å². The molecule has 3 aromatic rings. The number of para-hydroxylation sites is 1. The van der Waals surface area contributed by atoms with E-state index >= 15 is 0 Å². The number of aromatic nitrogens is 2. The van der Waals surface area contributed by atoms with Crippen molar-refractivity contribution in [3.63, 3.8) is 0 Å². The molecule has 0 aliphatic carbocycles. The normalized spacial score (nSPS) is 11.1. The number of aromatic carboxylic acids is 1. The summed E-state index contributed by atoms with van der Waals surface area (Å²) in [7, 11) is 0. The zero-order valence-electron chi connectivity index (χ0n) is 13.2. The summed E-state index contributed by atoms with van der Waals surface area (Å²) in [5, 5.41) is 12.4. The molecule has 0 spiro atoms. The second-order valence-corrected chi connectivity index (χ2v) is 5.91. The largest absolute Gasteiger partial charge is 0.478 e. The van der Waals surface area contributed by atoms with Crippen molar-refractivity contribution in [2.45, 2.75) is 13.8 Å². The third kappa shape index (κ3) is 3.04. The number of carboxylic acids is 1. The molecule has 118 valence electrons. The number of carboxylic acid groups (broad SMARTS) is 1. The standard InChI is InChI=1S/C18H19N3O2/c1-12(2)10-19-15-4-3-5-16-17(15)20-11-21(16)14-8-6-13(7-9-14)18(22)23/h3-9,11-12,19H,10H2,1-2H3,(H,22,23). The number of imidazole rings is 1. The minimum Gasteiger partial charge on any atom is -0.478 e. The van der Waals surface area contributed by atoms with Gasteiger partial charge in [0.2, 0.25) is 0 Å². The lowest BCUT2D eigenvalue weighted by Gasteiger charge is -2.10. The van der Waals surface area contributed by atoms with E-state index < -0.39 is 5.97 Å². The number of carbonyl (C=O) groups is 1. The lowest BCUT2D eigenvalue weighted by atomic mass is 10.2. The van der Waals surface area contributed by atoms with Gasteiger partial charge < -0.3 is 10.4 Å². The lowest BCUT2D eigenvalue weighted by molar-refractivity contribution is 0.0697. The van der Waals surface area contributed by atoms with Crippen LogP contribution in [0.15, 0.2) is 48.8 Å². The lowest BCUT2D eigenvalue weighted by Crippen LogP contribution is -2.08. The van der Waals surface area contributed by atoms with Crippen molar-refractivity contribution >= 4 is 22.7 Å². The predicted octanol–water partition coefficient (Wildman–Crippen LogP) is 3.79. The Morgan fingerprint density at radius 2 is 1.96 bits per heavy atom. The monoisotopic (exact) mass is 309 g/mol. The van der Waals surface area contributed by atoms with Gasteiger partial charge in [0, 0.05) is 12.2 Å². The van der Waals surface area contributed by atoms with Crippen molar-refractivity contribution in [1.82, 2.24) is 9.55 Å². The highest BCUT2D eigenvalue weighted by molar-refractivity contribution is 5.90. The van der Waals surface area contributed by atoms with E-state index in [-0.39, 0.29) is 5.56 Å². The van der Waals surface area contributed by atoms with E-state index in [9.17, 15) is 4.79 Å². The second kappa shape index (κ2) is 6.12. The Labute approximate surface area is 134 Å². The van der Waals surface area contributed by atoms with Crippen LogP contribution in [-0.4, -0.2) is 27.2 Å². The molecule has 0 fully saturated rings. The van der Waals surface area contributed by atoms with Crippen LogP contribution in [0, 0.1) is 5.92 Å². The molecule has 1 aromatic heterocycles. The first-order chi connectivity index (χ1) is 11.1. The summed E-state index contributed by atoms with van der Waals surface area (Å²) in [5.41, 5.74) is 4.07. The van der Waals surface area contributed by atoms with Gasteiger partial charge in [-0.15, -0.1) is 0 Å². The molecule has 3 rings (SSSR count). The Balaban J connectivity index is 1.99. The van der Waals surface area contributed by atoms with Crippen molar-refractivity contribution in [1.29, 1.82) is 0 Å². The second-order valence-electron chi connectivity index (χ2n) is 5.91. The summed E-state index contributed by atoms with van der Waals surface area (Å²) >= 11 is 0. The van der Waals surface area contributed by atoms with Crippen molar-refractivity contribution in [2.75, 3.05) is 11.9 Å². The number of nitrogens with one attached hydrogen (secondary N) is 1. The first-order valence-corrected chi connectivity index (χ1v) is 7.60. The summed E-state index contributed by atoms with van der Waals surface area (Å²) in [6, 6.07) is 12.8. The van der Waals surface area contributed by atoms with E-state index in [1.165, 1.54) is 0 Å². The third-order valence-corrected chi connectivity index (χ3v) is 3.67. The molecule has 5 nitrogen and oxygen atoms in total. The van der Waals surface area contributed by atoms with E-state index in [4.69, 9.17) is 5.11 Å². The van der Waals surface area contributed by atoms with E-state index in [1.54, 1.807) is 30.6 Å². The van der Waals surface area contributed by atoms with Gasteiger partial charge in [0.25, 0.3) is 0 Å². The van der Waals surface area contributed by atoms with Crippen LogP contribution < -0.4 is 5.32 Å². The van der Waals surface area contributed by atoms with E-state index in [0.29, 0.717) is 5.92 Å². The summed E-state index contributed by atoms with van der Waals surface area (Å²) in [6.45, 7) is 5.21. The fraction of sp³-hybridized carbons (Fsp3) is 0.222. The molecule has 0 atom stereocenters. The average Bonchev–Trinajstić information content (AvgIpc) is 2.97. The van der Waals surface area contributed by atoms with Crippen LogP contribution in [0.1, 0.15) is 24.2 Å². The van der Waals surface area contributed by atoms with Crippen LogP contribution >= 0.6 is 0 Å². The summed E-state index contributed by atoms with van der Waals surface area (Å²) < 4.78 is 1.96. The summed E-state index contributed by atoms with van der Waals surface area (Å²) in [5.74, 6) is -0.372. The molecule has 0 saturated carbocycles. The Morgan fingerprint density at radius 3 is 2.61 bits per heavy atom.